The third-order valence-corrected chi connectivity index (χ3v) is 4.45. The fraction of sp³-hybridized carbons (Fsp3) is 0.444. The maximum absolute atomic E-state index is 12.4. The first kappa shape index (κ1) is 22.3. The van der Waals surface area contributed by atoms with Crippen LogP contribution in [0, 0.1) is 5.92 Å². The van der Waals surface area contributed by atoms with Gasteiger partial charge < -0.3 is 20.4 Å². The lowest BCUT2D eigenvalue weighted by Gasteiger charge is -2.14. The van der Waals surface area contributed by atoms with E-state index in [2.05, 4.69) is 20.6 Å². The highest BCUT2D eigenvalue weighted by molar-refractivity contribution is 5.94. The smallest absolute Gasteiger partial charge is 0.251 e. The summed E-state index contributed by atoms with van der Waals surface area (Å²) in [5, 5.41) is 6.34. The summed E-state index contributed by atoms with van der Waals surface area (Å²) < 4.78 is 5.46. The van der Waals surface area contributed by atoms with Crippen molar-refractivity contribution in [2.45, 2.75) is 19.3 Å². The van der Waals surface area contributed by atoms with Crippen LogP contribution in [-0.2, 0) is 12.8 Å². The van der Waals surface area contributed by atoms with Crippen molar-refractivity contribution in [2.24, 2.45) is 5.92 Å². The molecular formula is C18H26Cl2N4O2. The van der Waals surface area contributed by atoms with Gasteiger partial charge in [0.05, 0.1) is 13.4 Å². The topological polar surface area (TPSA) is 79.0 Å². The van der Waals surface area contributed by atoms with Crippen molar-refractivity contribution in [1.29, 1.82) is 0 Å². The maximum Gasteiger partial charge on any atom is 0.251 e. The second kappa shape index (κ2) is 11.1. The Morgan fingerprint density at radius 1 is 1.38 bits per heavy atom. The normalized spacial score (nSPS) is 15.7. The Morgan fingerprint density at radius 2 is 2.23 bits per heavy atom. The van der Waals surface area contributed by atoms with Gasteiger partial charge in [0.25, 0.3) is 5.91 Å². The molecule has 1 fully saturated rings. The number of aromatic amines is 1. The highest BCUT2D eigenvalue weighted by Crippen LogP contribution is 2.25. The first-order valence-electron chi connectivity index (χ1n) is 8.39. The molecule has 1 aromatic carbocycles. The van der Waals surface area contributed by atoms with Crippen LogP contribution >= 0.6 is 24.8 Å². The molecule has 1 amide bonds. The second-order valence-electron chi connectivity index (χ2n) is 6.17. The molecule has 144 valence electrons. The van der Waals surface area contributed by atoms with Gasteiger partial charge in [0.1, 0.15) is 5.75 Å². The molecule has 1 atom stereocenters. The van der Waals surface area contributed by atoms with Crippen molar-refractivity contribution in [3.8, 4) is 5.75 Å². The first-order chi connectivity index (χ1) is 11.8. The Kier molecular flexibility index (Phi) is 9.48. The van der Waals surface area contributed by atoms with Crippen molar-refractivity contribution in [3.05, 3.63) is 47.5 Å². The van der Waals surface area contributed by atoms with Crippen molar-refractivity contribution in [1.82, 2.24) is 20.6 Å². The van der Waals surface area contributed by atoms with Crippen LogP contribution in [0.4, 0.5) is 0 Å². The minimum absolute atomic E-state index is 0. The van der Waals surface area contributed by atoms with Crippen LogP contribution in [0.2, 0.25) is 0 Å². The van der Waals surface area contributed by atoms with E-state index in [-0.39, 0.29) is 30.7 Å². The molecular weight excluding hydrogens is 375 g/mol. The van der Waals surface area contributed by atoms with Crippen LogP contribution in [0.1, 0.15) is 28.0 Å². The number of ether oxygens (including phenoxy) is 1. The van der Waals surface area contributed by atoms with Crippen molar-refractivity contribution >= 4 is 30.7 Å². The number of aromatic nitrogens is 2. The molecule has 6 nitrogen and oxygen atoms in total. The van der Waals surface area contributed by atoms with E-state index in [0.29, 0.717) is 18.0 Å². The number of carbonyl (C=O) groups excluding carboxylic acids is 1. The summed E-state index contributed by atoms with van der Waals surface area (Å²) in [7, 11) is 1.68. The van der Waals surface area contributed by atoms with Crippen LogP contribution in [0.3, 0.4) is 0 Å². The molecule has 1 saturated heterocycles. The molecule has 2 aromatic rings. The van der Waals surface area contributed by atoms with Crippen LogP contribution in [0.25, 0.3) is 0 Å². The van der Waals surface area contributed by atoms with Crippen LogP contribution < -0.4 is 15.4 Å². The molecule has 0 spiro atoms. The maximum atomic E-state index is 12.4. The summed E-state index contributed by atoms with van der Waals surface area (Å²) in [6, 6.07) is 5.67. The molecule has 26 heavy (non-hydrogen) atoms. The molecule has 8 heteroatoms. The number of amides is 1. The average molecular weight is 401 g/mol. The van der Waals surface area contributed by atoms with Gasteiger partial charge in [-0.3, -0.25) is 4.79 Å². The first-order valence-corrected chi connectivity index (χ1v) is 8.39. The standard InChI is InChI=1S/C18H24N4O2.2ClH/c1-24-17-3-2-14(9-15(17)8-13-4-6-19-10-13)18(23)21-7-5-16-11-20-12-22-16;;/h2-3,9,11-13,19H,4-8,10H2,1H3,(H,20,22)(H,21,23);2*1H. The summed E-state index contributed by atoms with van der Waals surface area (Å²) in [4.78, 5) is 19.4. The lowest BCUT2D eigenvalue weighted by molar-refractivity contribution is 0.0954. The number of nitrogens with zero attached hydrogens (tertiary/aromatic N) is 1. The van der Waals surface area contributed by atoms with Crippen LogP contribution in [0.5, 0.6) is 5.75 Å². The van der Waals surface area contributed by atoms with E-state index in [9.17, 15) is 4.79 Å². The molecule has 2 heterocycles. The van der Waals surface area contributed by atoms with E-state index < -0.39 is 0 Å². The zero-order valence-electron chi connectivity index (χ0n) is 14.8. The average Bonchev–Trinajstić information content (AvgIpc) is 3.28. The van der Waals surface area contributed by atoms with Gasteiger partial charge in [-0.15, -0.1) is 24.8 Å². The van der Waals surface area contributed by atoms with Crippen LogP contribution in [0.15, 0.2) is 30.7 Å². The van der Waals surface area contributed by atoms with E-state index in [4.69, 9.17) is 4.74 Å². The molecule has 3 N–H and O–H groups in total. The zero-order chi connectivity index (χ0) is 16.8. The minimum Gasteiger partial charge on any atom is -0.496 e. The Labute approximate surface area is 166 Å². The number of imidazole rings is 1. The van der Waals surface area contributed by atoms with Crippen molar-refractivity contribution in [2.75, 3.05) is 26.7 Å². The van der Waals surface area contributed by atoms with Gasteiger partial charge in [0, 0.05) is 30.4 Å². The summed E-state index contributed by atoms with van der Waals surface area (Å²) in [6.07, 6.45) is 6.26. The fourth-order valence-corrected chi connectivity index (χ4v) is 3.11. The second-order valence-corrected chi connectivity index (χ2v) is 6.17. The van der Waals surface area contributed by atoms with E-state index >= 15 is 0 Å². The van der Waals surface area contributed by atoms with Gasteiger partial charge in [-0.1, -0.05) is 0 Å². The number of carbonyl (C=O) groups is 1. The summed E-state index contributed by atoms with van der Waals surface area (Å²) in [6.45, 7) is 2.68. The van der Waals surface area contributed by atoms with Gasteiger partial charge in [-0.05, 0) is 55.6 Å². The third-order valence-electron chi connectivity index (χ3n) is 4.45. The number of halogens is 2. The third kappa shape index (κ3) is 5.90. The van der Waals surface area contributed by atoms with Gasteiger partial charge >= 0.3 is 0 Å². The lowest BCUT2D eigenvalue weighted by atomic mass is 9.96. The zero-order valence-corrected chi connectivity index (χ0v) is 16.4. The number of hydrogen-bond acceptors (Lipinski definition) is 4. The number of benzene rings is 1. The lowest BCUT2D eigenvalue weighted by Crippen LogP contribution is -2.26. The number of nitrogens with one attached hydrogen (secondary N) is 3. The Hall–Kier alpha value is -1.76. The highest BCUT2D eigenvalue weighted by atomic mass is 35.5. The molecule has 0 aliphatic carbocycles. The van der Waals surface area contributed by atoms with Crippen molar-refractivity contribution < 1.29 is 9.53 Å². The molecule has 1 aliphatic rings. The molecule has 0 radical (unpaired) electrons. The summed E-state index contributed by atoms with van der Waals surface area (Å²) in [5.74, 6) is 1.41. The monoisotopic (exact) mass is 400 g/mol. The predicted molar refractivity (Wildman–Crippen MR) is 107 cm³/mol. The Morgan fingerprint density at radius 3 is 2.88 bits per heavy atom. The Balaban J connectivity index is 0.00000169. The highest BCUT2D eigenvalue weighted by Gasteiger charge is 2.18. The molecule has 1 aromatic heterocycles. The molecule has 0 bridgehead atoms. The van der Waals surface area contributed by atoms with E-state index in [1.165, 1.54) is 6.42 Å². The summed E-state index contributed by atoms with van der Waals surface area (Å²) >= 11 is 0. The molecule has 1 aliphatic heterocycles. The van der Waals surface area contributed by atoms with Gasteiger partial charge in [-0.25, -0.2) is 4.98 Å². The summed E-state index contributed by atoms with van der Waals surface area (Å²) in [5.41, 5.74) is 2.80. The minimum atomic E-state index is -0.0528. The fourth-order valence-electron chi connectivity index (χ4n) is 3.11. The van der Waals surface area contributed by atoms with E-state index in [0.717, 1.165) is 42.9 Å². The molecule has 1 unspecified atom stereocenters. The number of methoxy groups -OCH3 is 1. The number of hydrogen-bond donors (Lipinski definition) is 3. The predicted octanol–water partition coefficient (Wildman–Crippen LogP) is 2.39. The van der Waals surface area contributed by atoms with Gasteiger partial charge in [0.15, 0.2) is 0 Å². The number of rotatable bonds is 7. The largest absolute Gasteiger partial charge is 0.496 e. The molecule has 0 saturated carbocycles. The van der Waals surface area contributed by atoms with E-state index in [1.807, 2.05) is 18.2 Å². The quantitative estimate of drug-likeness (QED) is 0.666. The Bertz CT molecular complexity index is 674. The SMILES string of the molecule is COc1ccc(C(=O)NCCc2cnc[nH]2)cc1CC1CCNC1.Cl.Cl. The molecule has 3 rings (SSSR count). The van der Waals surface area contributed by atoms with Crippen LogP contribution in [-0.4, -0.2) is 42.6 Å². The van der Waals surface area contributed by atoms with Gasteiger partial charge in [0.2, 0.25) is 0 Å². The van der Waals surface area contributed by atoms with Crippen molar-refractivity contribution in [3.63, 3.8) is 0 Å². The number of H-pyrrole nitrogens is 1. The van der Waals surface area contributed by atoms with Gasteiger partial charge in [-0.2, -0.15) is 0 Å². The van der Waals surface area contributed by atoms with E-state index in [1.54, 1.807) is 19.6 Å².